The number of carbonyl (C=O) groups is 3. The van der Waals surface area contributed by atoms with Crippen LogP contribution in [0.3, 0.4) is 0 Å². The van der Waals surface area contributed by atoms with Crippen molar-refractivity contribution in [2.45, 2.75) is 26.7 Å². The predicted octanol–water partition coefficient (Wildman–Crippen LogP) is 4.12. The number of benzene rings is 2. The molecule has 0 saturated carbocycles. The molecule has 7 nitrogen and oxygen atoms in total. The summed E-state index contributed by atoms with van der Waals surface area (Å²) >= 11 is 0. The van der Waals surface area contributed by atoms with Crippen LogP contribution in [0.1, 0.15) is 50.5 Å². The van der Waals surface area contributed by atoms with Gasteiger partial charge in [0.25, 0.3) is 11.8 Å². The molecule has 1 aliphatic heterocycles. The van der Waals surface area contributed by atoms with Crippen LogP contribution in [0.2, 0.25) is 0 Å². The molecule has 7 heteroatoms. The van der Waals surface area contributed by atoms with E-state index >= 15 is 0 Å². The quantitative estimate of drug-likeness (QED) is 0.226. The van der Waals surface area contributed by atoms with E-state index in [2.05, 4.69) is 5.10 Å². The third-order valence-corrected chi connectivity index (χ3v) is 5.63. The molecule has 2 heterocycles. The van der Waals surface area contributed by atoms with Gasteiger partial charge in [0.2, 0.25) is 0 Å². The first-order chi connectivity index (χ1) is 16.0. The zero-order valence-electron chi connectivity index (χ0n) is 18.7. The van der Waals surface area contributed by atoms with Crippen LogP contribution in [-0.2, 0) is 9.53 Å². The third kappa shape index (κ3) is 4.62. The van der Waals surface area contributed by atoms with Crippen molar-refractivity contribution in [1.29, 1.82) is 0 Å². The molecule has 33 heavy (non-hydrogen) atoms. The number of esters is 1. The first-order valence-electron chi connectivity index (χ1n) is 10.9. The van der Waals surface area contributed by atoms with Gasteiger partial charge in [-0.15, -0.1) is 0 Å². The number of unbranched alkanes of at least 4 members (excludes halogenated alkanes) is 1. The number of amides is 2. The lowest BCUT2D eigenvalue weighted by Crippen LogP contribution is -2.30. The van der Waals surface area contributed by atoms with E-state index in [0.29, 0.717) is 30.5 Å². The summed E-state index contributed by atoms with van der Waals surface area (Å²) in [4.78, 5) is 38.1. The Balaban J connectivity index is 1.25. The third-order valence-electron chi connectivity index (χ3n) is 5.63. The van der Waals surface area contributed by atoms with Gasteiger partial charge in [0, 0.05) is 23.9 Å². The van der Waals surface area contributed by atoms with Crippen LogP contribution in [0.4, 0.5) is 0 Å². The van der Waals surface area contributed by atoms with Gasteiger partial charge in [0.1, 0.15) is 0 Å². The van der Waals surface area contributed by atoms with E-state index < -0.39 is 5.97 Å². The number of imide groups is 1. The topological polar surface area (TPSA) is 81.5 Å². The molecule has 0 atom stereocenters. The highest BCUT2D eigenvalue weighted by Gasteiger charge is 2.34. The summed E-state index contributed by atoms with van der Waals surface area (Å²) in [5.74, 6) is -0.975. The van der Waals surface area contributed by atoms with Crippen molar-refractivity contribution < 1.29 is 19.1 Å². The summed E-state index contributed by atoms with van der Waals surface area (Å²) in [7, 11) is 0. The fourth-order valence-electron chi connectivity index (χ4n) is 3.90. The molecular formula is C26H25N3O4. The highest BCUT2D eigenvalue weighted by Crippen LogP contribution is 2.23. The van der Waals surface area contributed by atoms with Crippen molar-refractivity contribution in [3.63, 3.8) is 0 Å². The van der Waals surface area contributed by atoms with Gasteiger partial charge in [0.15, 0.2) is 0 Å². The van der Waals surface area contributed by atoms with Crippen LogP contribution < -0.4 is 0 Å². The Morgan fingerprint density at radius 3 is 2.24 bits per heavy atom. The van der Waals surface area contributed by atoms with Crippen molar-refractivity contribution in [2.75, 3.05) is 13.2 Å². The summed E-state index contributed by atoms with van der Waals surface area (Å²) in [5.41, 5.74) is 4.48. The Labute approximate surface area is 192 Å². The molecule has 0 N–H and O–H groups in total. The number of carbonyl (C=O) groups excluding carboxylic acids is 3. The van der Waals surface area contributed by atoms with E-state index in [4.69, 9.17) is 4.74 Å². The van der Waals surface area contributed by atoms with Crippen molar-refractivity contribution >= 4 is 23.9 Å². The van der Waals surface area contributed by atoms with E-state index in [1.807, 2.05) is 48.9 Å². The van der Waals surface area contributed by atoms with Crippen molar-refractivity contribution in [1.82, 2.24) is 14.7 Å². The Bertz CT molecular complexity index is 1190. The molecule has 4 rings (SSSR count). The van der Waals surface area contributed by atoms with Crippen molar-refractivity contribution in [3.05, 3.63) is 88.8 Å². The lowest BCUT2D eigenvalue weighted by molar-refractivity contribution is -0.137. The number of hydrogen-bond acceptors (Lipinski definition) is 5. The number of aryl methyl sites for hydroxylation is 1. The summed E-state index contributed by atoms with van der Waals surface area (Å²) in [6.07, 6.45) is 4.23. The van der Waals surface area contributed by atoms with Gasteiger partial charge in [-0.05, 0) is 57.0 Å². The largest absolute Gasteiger partial charge is 0.463 e. The van der Waals surface area contributed by atoms with Gasteiger partial charge >= 0.3 is 5.97 Å². The fourth-order valence-corrected chi connectivity index (χ4v) is 3.90. The Kier molecular flexibility index (Phi) is 6.49. The molecule has 0 saturated heterocycles. The number of para-hydroxylation sites is 1. The number of aromatic nitrogens is 2. The molecule has 0 spiro atoms. The minimum absolute atomic E-state index is 0.216. The minimum atomic E-state index is -0.443. The number of ether oxygens (including phenoxy) is 1. The van der Waals surface area contributed by atoms with Gasteiger partial charge in [-0.2, -0.15) is 5.10 Å². The first-order valence-corrected chi connectivity index (χ1v) is 10.9. The Morgan fingerprint density at radius 2 is 1.58 bits per heavy atom. The fraction of sp³-hybridized carbons (Fsp3) is 0.231. The second-order valence-electron chi connectivity index (χ2n) is 7.85. The van der Waals surface area contributed by atoms with Crippen molar-refractivity contribution in [2.24, 2.45) is 0 Å². The van der Waals surface area contributed by atoms with Crippen LogP contribution in [0, 0.1) is 13.8 Å². The molecule has 0 fully saturated rings. The predicted molar refractivity (Wildman–Crippen MR) is 124 cm³/mol. The molecule has 0 radical (unpaired) electrons. The summed E-state index contributed by atoms with van der Waals surface area (Å²) in [6, 6.07) is 16.6. The van der Waals surface area contributed by atoms with E-state index in [0.717, 1.165) is 22.6 Å². The monoisotopic (exact) mass is 443 g/mol. The average Bonchev–Trinajstić information content (AvgIpc) is 3.25. The highest BCUT2D eigenvalue weighted by molar-refractivity contribution is 6.21. The molecule has 0 unspecified atom stereocenters. The smallest absolute Gasteiger partial charge is 0.330 e. The molecule has 168 valence electrons. The maximum Gasteiger partial charge on any atom is 0.330 e. The Morgan fingerprint density at radius 1 is 0.939 bits per heavy atom. The van der Waals surface area contributed by atoms with E-state index in [9.17, 15) is 14.4 Å². The molecule has 2 aromatic carbocycles. The van der Waals surface area contributed by atoms with E-state index in [1.54, 1.807) is 30.3 Å². The number of nitrogens with zero attached hydrogens (tertiary/aromatic N) is 3. The first kappa shape index (κ1) is 22.2. The van der Waals surface area contributed by atoms with Gasteiger partial charge in [0.05, 0.1) is 29.1 Å². The maximum atomic E-state index is 12.4. The summed E-state index contributed by atoms with van der Waals surface area (Å²) in [5, 5.41) is 4.56. The number of hydrogen-bond donors (Lipinski definition) is 0. The van der Waals surface area contributed by atoms with Gasteiger partial charge in [-0.3, -0.25) is 14.5 Å². The molecule has 0 aliphatic carbocycles. The maximum absolute atomic E-state index is 12.4. The van der Waals surface area contributed by atoms with E-state index in [1.165, 1.54) is 11.0 Å². The zero-order valence-corrected chi connectivity index (χ0v) is 18.7. The molecule has 0 bridgehead atoms. The Hall–Kier alpha value is -4.00. The summed E-state index contributed by atoms with van der Waals surface area (Å²) in [6.45, 7) is 4.37. The van der Waals surface area contributed by atoms with Crippen LogP contribution in [0.15, 0.2) is 60.7 Å². The molecule has 2 amide bonds. The molecule has 3 aromatic rings. The van der Waals surface area contributed by atoms with Crippen LogP contribution >= 0.6 is 0 Å². The average molecular weight is 444 g/mol. The van der Waals surface area contributed by atoms with E-state index in [-0.39, 0.29) is 18.4 Å². The van der Waals surface area contributed by atoms with Gasteiger partial charge in [-0.25, -0.2) is 9.48 Å². The molecular weight excluding hydrogens is 418 g/mol. The van der Waals surface area contributed by atoms with Crippen LogP contribution in [-0.4, -0.2) is 45.6 Å². The summed E-state index contributed by atoms with van der Waals surface area (Å²) < 4.78 is 7.12. The SMILES string of the molecule is Cc1nn(-c2ccccc2)c(C)c1/C=C/C(=O)OCCCCN1C(=O)c2ccccc2C1=O. The van der Waals surface area contributed by atoms with Crippen molar-refractivity contribution in [3.8, 4) is 5.69 Å². The standard InChI is InChI=1S/C26H25N3O4/c1-18-21(19(2)29(27-18)20-10-4-3-5-11-20)14-15-24(30)33-17-9-8-16-28-25(31)22-12-6-7-13-23(22)26(28)32/h3-7,10-15H,8-9,16-17H2,1-2H3/b15-14+. The lowest BCUT2D eigenvalue weighted by Gasteiger charge is -2.13. The normalized spacial score (nSPS) is 13.1. The lowest BCUT2D eigenvalue weighted by atomic mass is 10.1. The molecule has 1 aliphatic rings. The number of fused-ring (bicyclic) bond motifs is 1. The van der Waals surface area contributed by atoms with Gasteiger partial charge < -0.3 is 4.74 Å². The van der Waals surface area contributed by atoms with Crippen LogP contribution in [0.5, 0.6) is 0 Å². The number of rotatable bonds is 8. The van der Waals surface area contributed by atoms with Crippen LogP contribution in [0.25, 0.3) is 11.8 Å². The second kappa shape index (κ2) is 9.65. The zero-order chi connectivity index (χ0) is 23.4. The minimum Gasteiger partial charge on any atom is -0.463 e. The highest BCUT2D eigenvalue weighted by atomic mass is 16.5. The second-order valence-corrected chi connectivity index (χ2v) is 7.85. The molecule has 1 aromatic heterocycles. The van der Waals surface area contributed by atoms with Gasteiger partial charge in [-0.1, -0.05) is 30.3 Å².